The van der Waals surface area contributed by atoms with E-state index in [1.807, 2.05) is 0 Å². The molecular weight excluding hydrogens is 302 g/mol. The lowest BCUT2D eigenvalue weighted by atomic mass is 10.1. The summed E-state index contributed by atoms with van der Waals surface area (Å²) in [5, 5.41) is 11.4. The summed E-state index contributed by atoms with van der Waals surface area (Å²) in [4.78, 5) is 17.2. The number of nitrogens with zero attached hydrogens (tertiary/aromatic N) is 2. The molecule has 0 saturated carbocycles. The molecule has 1 aromatic carbocycles. The van der Waals surface area contributed by atoms with Crippen LogP contribution in [0.4, 0.5) is 10.5 Å². The van der Waals surface area contributed by atoms with Gasteiger partial charge in [0.25, 0.3) is 0 Å². The molecule has 1 atom stereocenters. The van der Waals surface area contributed by atoms with E-state index in [1.54, 1.807) is 49.5 Å². The molecule has 1 aromatic rings. The first-order chi connectivity index (χ1) is 11.1. The third kappa shape index (κ3) is 3.79. The van der Waals surface area contributed by atoms with Crippen LogP contribution in [0.3, 0.4) is 0 Å². The molecule has 2 rings (SSSR count). The van der Waals surface area contributed by atoms with E-state index in [2.05, 4.69) is 10.3 Å². The van der Waals surface area contributed by atoms with E-state index in [-0.39, 0.29) is 6.73 Å². The van der Waals surface area contributed by atoms with Crippen molar-refractivity contribution in [3.05, 3.63) is 41.8 Å². The lowest BCUT2D eigenvalue weighted by Gasteiger charge is -2.34. The Bertz CT molecular complexity index is 629. The number of methoxy groups -OCH3 is 3. The van der Waals surface area contributed by atoms with Crippen molar-refractivity contribution in [3.8, 4) is 0 Å². The van der Waals surface area contributed by atoms with E-state index in [9.17, 15) is 4.79 Å². The molecule has 124 valence electrons. The Morgan fingerprint density at radius 2 is 2.09 bits per heavy atom. The number of benzene rings is 1. The van der Waals surface area contributed by atoms with Crippen LogP contribution < -0.4 is 5.32 Å². The number of ether oxygens (including phenoxy) is 3. The Morgan fingerprint density at radius 1 is 1.35 bits per heavy atom. The molecule has 0 saturated heterocycles. The number of anilines is 1. The van der Waals surface area contributed by atoms with Crippen molar-refractivity contribution >= 4 is 17.6 Å². The quantitative estimate of drug-likeness (QED) is 0.831. The summed E-state index contributed by atoms with van der Waals surface area (Å²) in [5.41, 5.74) is 1.00. The highest BCUT2D eigenvalue weighted by Crippen LogP contribution is 2.24. The lowest BCUT2D eigenvalue weighted by Crippen LogP contribution is -2.44. The number of para-hydroxylation sites is 1. The molecule has 23 heavy (non-hydrogen) atoms. The van der Waals surface area contributed by atoms with Crippen LogP contribution >= 0.6 is 0 Å². The Kier molecular flexibility index (Phi) is 5.56. The molecule has 8 heteroatoms. The molecule has 1 heterocycles. The molecule has 0 aliphatic carbocycles. The predicted octanol–water partition coefficient (Wildman–Crippen LogP) is 1.90. The third-order valence-electron chi connectivity index (χ3n) is 3.21. The molecule has 0 aromatic heterocycles. The van der Waals surface area contributed by atoms with Crippen LogP contribution in [0.5, 0.6) is 0 Å². The van der Waals surface area contributed by atoms with Crippen molar-refractivity contribution in [1.82, 2.24) is 4.90 Å². The van der Waals surface area contributed by atoms with Crippen molar-refractivity contribution in [3.63, 3.8) is 0 Å². The molecule has 0 radical (unpaired) electrons. The maximum Gasteiger partial charge on any atom is 0.409 e. The number of rotatable bonds is 6. The van der Waals surface area contributed by atoms with Gasteiger partial charge in [-0.25, -0.2) is 4.79 Å². The van der Waals surface area contributed by atoms with E-state index in [4.69, 9.17) is 19.3 Å². The van der Waals surface area contributed by atoms with Crippen LogP contribution in [-0.2, 0) is 14.2 Å². The average molecular weight is 321 g/mol. The smallest absolute Gasteiger partial charge is 0.409 e. The number of amidine groups is 1. The van der Waals surface area contributed by atoms with Gasteiger partial charge in [-0.1, -0.05) is 12.1 Å². The number of carbonyl (C=O) groups is 1. The first-order valence-corrected chi connectivity index (χ1v) is 6.83. The predicted molar refractivity (Wildman–Crippen MR) is 84.2 cm³/mol. The van der Waals surface area contributed by atoms with Gasteiger partial charge in [-0.15, -0.1) is 0 Å². The minimum atomic E-state index is -1.15. The summed E-state index contributed by atoms with van der Waals surface area (Å²) in [6, 6.07) is 6.95. The maximum atomic E-state index is 11.0. The molecule has 1 aliphatic heterocycles. The van der Waals surface area contributed by atoms with Crippen LogP contribution in [0.1, 0.15) is 5.56 Å². The van der Waals surface area contributed by atoms with Gasteiger partial charge in [-0.3, -0.25) is 5.32 Å². The summed E-state index contributed by atoms with van der Waals surface area (Å²) < 4.78 is 15.9. The van der Waals surface area contributed by atoms with E-state index in [0.29, 0.717) is 23.0 Å². The highest BCUT2D eigenvalue weighted by atomic mass is 16.5. The van der Waals surface area contributed by atoms with E-state index < -0.39 is 12.3 Å². The zero-order valence-electron chi connectivity index (χ0n) is 13.1. The molecule has 0 spiro atoms. The normalized spacial score (nSPS) is 17.3. The highest BCUT2D eigenvalue weighted by Gasteiger charge is 2.28. The fraction of sp³-hybridized carbons (Fsp3) is 0.333. The van der Waals surface area contributed by atoms with E-state index >= 15 is 0 Å². The molecule has 1 unspecified atom stereocenters. The highest BCUT2D eigenvalue weighted by molar-refractivity contribution is 6.06. The van der Waals surface area contributed by atoms with Crippen LogP contribution in [0.2, 0.25) is 0 Å². The van der Waals surface area contributed by atoms with Crippen molar-refractivity contribution in [1.29, 1.82) is 0 Å². The second-order valence-electron chi connectivity index (χ2n) is 4.63. The minimum Gasteiger partial charge on any atom is -0.481 e. The Morgan fingerprint density at radius 3 is 2.70 bits per heavy atom. The van der Waals surface area contributed by atoms with Crippen LogP contribution in [-0.4, -0.2) is 56.2 Å². The number of amides is 1. The average Bonchev–Trinajstić information content (AvgIpc) is 2.55. The van der Waals surface area contributed by atoms with Gasteiger partial charge in [0.2, 0.25) is 5.88 Å². The van der Waals surface area contributed by atoms with Crippen LogP contribution in [0.15, 0.2) is 41.2 Å². The van der Waals surface area contributed by atoms with Gasteiger partial charge in [0, 0.05) is 25.9 Å². The molecule has 0 fully saturated rings. The summed E-state index contributed by atoms with van der Waals surface area (Å²) >= 11 is 0. The molecular formula is C15H19N3O5. The lowest BCUT2D eigenvalue weighted by molar-refractivity contribution is -0.0168. The fourth-order valence-corrected chi connectivity index (χ4v) is 2.24. The van der Waals surface area contributed by atoms with Crippen molar-refractivity contribution in [2.24, 2.45) is 4.99 Å². The van der Waals surface area contributed by atoms with Gasteiger partial charge in [-0.2, -0.15) is 4.99 Å². The molecule has 2 N–H and O–H groups in total. The molecule has 8 nitrogen and oxygen atoms in total. The number of hydrogen-bond donors (Lipinski definition) is 2. The van der Waals surface area contributed by atoms with Gasteiger partial charge in [0.05, 0.1) is 12.8 Å². The van der Waals surface area contributed by atoms with Gasteiger partial charge >= 0.3 is 6.09 Å². The second-order valence-corrected chi connectivity index (χ2v) is 4.63. The third-order valence-corrected chi connectivity index (χ3v) is 3.21. The Hall–Kier alpha value is -2.58. The monoisotopic (exact) mass is 321 g/mol. The summed E-state index contributed by atoms with van der Waals surface area (Å²) in [6.07, 6.45) is 0.101. The van der Waals surface area contributed by atoms with Gasteiger partial charge in [0.15, 0.2) is 6.23 Å². The Balaban J connectivity index is 2.50. The fourth-order valence-electron chi connectivity index (χ4n) is 2.24. The summed E-state index contributed by atoms with van der Waals surface area (Å²) in [6.45, 7) is 0.215. The zero-order valence-corrected chi connectivity index (χ0v) is 13.1. The first kappa shape index (κ1) is 16.8. The molecule has 0 bridgehead atoms. The topological polar surface area (TPSA) is 92.6 Å². The largest absolute Gasteiger partial charge is 0.481 e. The number of hydrogen-bond acceptors (Lipinski definition) is 6. The second kappa shape index (κ2) is 7.61. The van der Waals surface area contributed by atoms with Crippen molar-refractivity contribution in [2.45, 2.75) is 6.23 Å². The zero-order chi connectivity index (χ0) is 16.8. The van der Waals surface area contributed by atoms with Gasteiger partial charge in [-0.05, 0) is 12.1 Å². The first-order valence-electron chi connectivity index (χ1n) is 6.83. The van der Waals surface area contributed by atoms with Gasteiger partial charge < -0.3 is 24.2 Å². The van der Waals surface area contributed by atoms with Crippen LogP contribution in [0.25, 0.3) is 0 Å². The van der Waals surface area contributed by atoms with Crippen LogP contribution in [0, 0.1) is 0 Å². The number of aliphatic imine (C=N–C) groups is 1. The van der Waals surface area contributed by atoms with Gasteiger partial charge in [0.1, 0.15) is 12.6 Å². The van der Waals surface area contributed by atoms with Crippen molar-refractivity contribution in [2.75, 3.05) is 33.4 Å². The Labute approximate surface area is 134 Å². The maximum absolute atomic E-state index is 11.0. The molecule has 1 aliphatic rings. The SMILES string of the molecule is COCN1C(c2ccccc2NC(=O)O)=NC(OC)=CC1OC. The van der Waals surface area contributed by atoms with E-state index in [0.717, 1.165) is 0 Å². The van der Waals surface area contributed by atoms with Crippen molar-refractivity contribution < 1.29 is 24.1 Å². The number of carboxylic acid groups (broad SMARTS) is 1. The standard InChI is InChI=1S/C15H19N3O5/c1-21-9-18-13(23-3)8-12(22-2)17-14(18)10-6-4-5-7-11(10)16-15(19)20/h4-8,13,16H,9H2,1-3H3,(H,19,20). The summed E-state index contributed by atoms with van der Waals surface area (Å²) in [5.74, 6) is 0.867. The van der Waals surface area contributed by atoms with E-state index in [1.165, 1.54) is 7.11 Å². The molecule has 1 amide bonds. The minimum absolute atomic E-state index is 0.215. The number of nitrogens with one attached hydrogen (secondary N) is 1. The summed E-state index contributed by atoms with van der Waals surface area (Å²) in [7, 11) is 4.62.